The number of benzene rings is 1. The van der Waals surface area contributed by atoms with Crippen LogP contribution in [0.3, 0.4) is 0 Å². The molecule has 17 heavy (non-hydrogen) atoms. The van der Waals surface area contributed by atoms with Gasteiger partial charge in [-0.05, 0) is 37.4 Å². The second kappa shape index (κ2) is 6.61. The molecule has 0 aliphatic heterocycles. The molecule has 0 spiro atoms. The van der Waals surface area contributed by atoms with Gasteiger partial charge in [0.05, 0.1) is 0 Å². The summed E-state index contributed by atoms with van der Waals surface area (Å²) in [6.45, 7) is 13.0. The number of aryl methyl sites for hydroxylation is 2. The monoisotopic (exact) mass is 231 g/mol. The number of hydrogen-bond acceptors (Lipinski definition) is 1. The van der Waals surface area contributed by atoms with Gasteiger partial charge in [0.1, 0.15) is 0 Å². The molecule has 0 radical (unpaired) electrons. The lowest BCUT2D eigenvalue weighted by Gasteiger charge is -2.13. The maximum absolute atomic E-state index is 3.42. The fraction of sp³-hybridized carbons (Fsp3) is 0.500. The molecule has 1 aromatic rings. The molecule has 0 unspecified atom stereocenters. The van der Waals surface area contributed by atoms with Gasteiger partial charge in [0.2, 0.25) is 0 Å². The summed E-state index contributed by atoms with van der Waals surface area (Å²) in [5.74, 6) is 0.592. The van der Waals surface area contributed by atoms with E-state index in [0.29, 0.717) is 5.92 Å². The van der Waals surface area contributed by atoms with Crippen LogP contribution in [0.5, 0.6) is 0 Å². The van der Waals surface area contributed by atoms with Gasteiger partial charge < -0.3 is 5.32 Å². The van der Waals surface area contributed by atoms with Gasteiger partial charge in [-0.2, -0.15) is 0 Å². The lowest BCUT2D eigenvalue weighted by Crippen LogP contribution is -2.18. The van der Waals surface area contributed by atoms with Crippen molar-refractivity contribution in [3.8, 4) is 0 Å². The van der Waals surface area contributed by atoms with E-state index in [0.717, 1.165) is 13.1 Å². The first-order valence-electron chi connectivity index (χ1n) is 6.53. The van der Waals surface area contributed by atoms with Gasteiger partial charge in [-0.15, -0.1) is 0 Å². The summed E-state index contributed by atoms with van der Waals surface area (Å²) in [6, 6.07) is 6.64. The van der Waals surface area contributed by atoms with Gasteiger partial charge in [-0.3, -0.25) is 0 Å². The van der Waals surface area contributed by atoms with Crippen LogP contribution in [0.4, 0.5) is 0 Å². The summed E-state index contributed by atoms with van der Waals surface area (Å²) in [6.07, 6.45) is 2.34. The van der Waals surface area contributed by atoms with Crippen LogP contribution in [-0.4, -0.2) is 13.1 Å². The Hall–Kier alpha value is -1.08. The quantitative estimate of drug-likeness (QED) is 0.809. The van der Waals surface area contributed by atoms with Crippen molar-refractivity contribution in [2.45, 2.75) is 34.6 Å². The minimum absolute atomic E-state index is 0.592. The summed E-state index contributed by atoms with van der Waals surface area (Å²) >= 11 is 0. The molecule has 0 saturated heterocycles. The average molecular weight is 231 g/mol. The van der Waals surface area contributed by atoms with Crippen molar-refractivity contribution in [2.75, 3.05) is 13.1 Å². The van der Waals surface area contributed by atoms with E-state index in [1.807, 2.05) is 0 Å². The van der Waals surface area contributed by atoms with Gasteiger partial charge >= 0.3 is 0 Å². The second-order valence-corrected chi connectivity index (χ2v) is 5.01. The average Bonchev–Trinajstić information content (AvgIpc) is 2.28. The molecule has 0 bridgehead atoms. The lowest BCUT2D eigenvalue weighted by atomic mass is 9.97. The van der Waals surface area contributed by atoms with Crippen molar-refractivity contribution in [3.05, 3.63) is 40.5 Å². The first kappa shape index (κ1) is 14.0. The van der Waals surface area contributed by atoms with E-state index in [2.05, 4.69) is 64.2 Å². The first-order chi connectivity index (χ1) is 8.04. The number of nitrogens with one attached hydrogen (secondary N) is 1. The van der Waals surface area contributed by atoms with E-state index >= 15 is 0 Å². The molecule has 1 N–H and O–H groups in total. The maximum Gasteiger partial charge on any atom is 0.0170 e. The van der Waals surface area contributed by atoms with Crippen molar-refractivity contribution >= 4 is 6.08 Å². The number of rotatable bonds is 5. The van der Waals surface area contributed by atoms with Crippen molar-refractivity contribution < 1.29 is 0 Å². The molecule has 0 aliphatic rings. The topological polar surface area (TPSA) is 12.0 Å². The van der Waals surface area contributed by atoms with Crippen LogP contribution in [0, 0.1) is 19.8 Å². The van der Waals surface area contributed by atoms with Crippen LogP contribution in [0.25, 0.3) is 6.08 Å². The first-order valence-corrected chi connectivity index (χ1v) is 6.53. The van der Waals surface area contributed by atoms with E-state index in [9.17, 15) is 0 Å². The molecule has 0 fully saturated rings. The minimum atomic E-state index is 0.592. The SMILES string of the molecule is CCNCC(=Cc1cc(C)ccc1C)C(C)C. The van der Waals surface area contributed by atoms with Gasteiger partial charge in [0.25, 0.3) is 0 Å². The summed E-state index contributed by atoms with van der Waals surface area (Å²) < 4.78 is 0. The fourth-order valence-corrected chi connectivity index (χ4v) is 1.81. The Kier molecular flexibility index (Phi) is 5.43. The highest BCUT2D eigenvalue weighted by Gasteiger charge is 2.04. The molecule has 0 amide bonds. The van der Waals surface area contributed by atoms with Crippen molar-refractivity contribution in [3.63, 3.8) is 0 Å². The van der Waals surface area contributed by atoms with Crippen LogP contribution < -0.4 is 5.32 Å². The minimum Gasteiger partial charge on any atom is -0.313 e. The van der Waals surface area contributed by atoms with E-state index in [1.165, 1.54) is 22.3 Å². The fourth-order valence-electron chi connectivity index (χ4n) is 1.81. The Morgan fingerprint density at radius 1 is 1.29 bits per heavy atom. The number of hydrogen-bond donors (Lipinski definition) is 1. The summed E-state index contributed by atoms with van der Waals surface area (Å²) in [4.78, 5) is 0. The molecular weight excluding hydrogens is 206 g/mol. The Labute approximate surface area is 106 Å². The molecule has 0 heterocycles. The Morgan fingerprint density at radius 3 is 2.59 bits per heavy atom. The van der Waals surface area contributed by atoms with Gasteiger partial charge in [0, 0.05) is 6.54 Å². The predicted octanol–water partition coefficient (Wildman–Crippen LogP) is 3.95. The molecule has 0 atom stereocenters. The highest BCUT2D eigenvalue weighted by Crippen LogP contribution is 2.18. The van der Waals surface area contributed by atoms with Crippen LogP contribution in [-0.2, 0) is 0 Å². The molecular formula is C16H25N. The molecule has 1 aromatic carbocycles. The highest BCUT2D eigenvalue weighted by atomic mass is 14.8. The molecule has 94 valence electrons. The van der Waals surface area contributed by atoms with Crippen LogP contribution in [0.2, 0.25) is 0 Å². The number of likely N-dealkylation sites (N-methyl/N-ethyl adjacent to an activating group) is 1. The summed E-state index contributed by atoms with van der Waals surface area (Å²) in [7, 11) is 0. The Morgan fingerprint density at radius 2 is 2.00 bits per heavy atom. The largest absolute Gasteiger partial charge is 0.313 e. The standard InChI is InChI=1S/C16H25N/c1-6-17-11-16(12(2)3)10-15-9-13(4)7-8-14(15)5/h7-10,12,17H,6,11H2,1-5H3. The highest BCUT2D eigenvalue weighted by molar-refractivity contribution is 5.58. The molecule has 0 aromatic heterocycles. The summed E-state index contributed by atoms with van der Waals surface area (Å²) in [5, 5.41) is 3.42. The van der Waals surface area contributed by atoms with E-state index in [-0.39, 0.29) is 0 Å². The van der Waals surface area contributed by atoms with Crippen LogP contribution in [0.1, 0.15) is 37.5 Å². The summed E-state index contributed by atoms with van der Waals surface area (Å²) in [5.41, 5.74) is 5.51. The molecule has 1 nitrogen and oxygen atoms in total. The van der Waals surface area contributed by atoms with E-state index < -0.39 is 0 Å². The third-order valence-electron chi connectivity index (χ3n) is 3.10. The van der Waals surface area contributed by atoms with Gasteiger partial charge in [-0.25, -0.2) is 0 Å². The lowest BCUT2D eigenvalue weighted by molar-refractivity contribution is 0.682. The molecule has 1 rings (SSSR count). The second-order valence-electron chi connectivity index (χ2n) is 5.01. The molecule has 0 saturated carbocycles. The van der Waals surface area contributed by atoms with Crippen molar-refractivity contribution in [2.24, 2.45) is 5.92 Å². The van der Waals surface area contributed by atoms with Gasteiger partial charge in [-0.1, -0.05) is 56.2 Å². The predicted molar refractivity (Wildman–Crippen MR) is 77.3 cm³/mol. The van der Waals surface area contributed by atoms with Crippen LogP contribution in [0.15, 0.2) is 23.8 Å². The molecule has 1 heteroatoms. The third kappa shape index (κ3) is 4.35. The van der Waals surface area contributed by atoms with Crippen molar-refractivity contribution in [1.29, 1.82) is 0 Å². The Balaban J connectivity index is 2.99. The van der Waals surface area contributed by atoms with Crippen LogP contribution >= 0.6 is 0 Å². The van der Waals surface area contributed by atoms with E-state index in [4.69, 9.17) is 0 Å². The smallest absolute Gasteiger partial charge is 0.0170 e. The van der Waals surface area contributed by atoms with Gasteiger partial charge in [0.15, 0.2) is 0 Å². The third-order valence-corrected chi connectivity index (χ3v) is 3.10. The zero-order valence-electron chi connectivity index (χ0n) is 11.8. The van der Waals surface area contributed by atoms with E-state index in [1.54, 1.807) is 0 Å². The Bertz CT molecular complexity index is 389. The molecule has 0 aliphatic carbocycles. The zero-order chi connectivity index (χ0) is 12.8. The normalized spacial score (nSPS) is 12.2. The van der Waals surface area contributed by atoms with Crippen molar-refractivity contribution in [1.82, 2.24) is 5.32 Å². The maximum atomic E-state index is 3.42. The zero-order valence-corrected chi connectivity index (χ0v) is 11.8.